The highest BCUT2D eigenvalue weighted by Gasteiger charge is 2.25. The second-order valence-corrected chi connectivity index (χ2v) is 6.72. The second kappa shape index (κ2) is 7.36. The summed E-state index contributed by atoms with van der Waals surface area (Å²) < 4.78 is 14.2. The molecule has 2 rings (SSSR count). The molecular weight excluding hydrogens is 335 g/mol. The molecule has 1 saturated heterocycles. The molecule has 0 saturated carbocycles. The number of nitrogens with one attached hydrogen (secondary N) is 1. The van der Waals surface area contributed by atoms with Gasteiger partial charge in [-0.1, -0.05) is 19.9 Å². The fourth-order valence-corrected chi connectivity index (χ4v) is 3.20. The zero-order chi connectivity index (χ0) is 15.4. The van der Waals surface area contributed by atoms with Crippen LogP contribution in [0.1, 0.15) is 37.0 Å². The van der Waals surface area contributed by atoms with Crippen molar-refractivity contribution in [3.05, 3.63) is 34.1 Å². The quantitative estimate of drug-likeness (QED) is 0.876. The molecule has 0 aromatic heterocycles. The van der Waals surface area contributed by atoms with Crippen molar-refractivity contribution in [2.75, 3.05) is 19.6 Å². The van der Waals surface area contributed by atoms with Crippen LogP contribution in [-0.4, -0.2) is 36.5 Å². The monoisotopic (exact) mass is 356 g/mol. The number of carbonyl (C=O) groups excluding carboxylic acids is 1. The SMILES string of the molecule is CC(C)C(CNC(=O)c1cccc(Br)c1F)N1CCCC1. The van der Waals surface area contributed by atoms with E-state index in [9.17, 15) is 9.18 Å². The van der Waals surface area contributed by atoms with E-state index in [2.05, 4.69) is 40.0 Å². The Morgan fingerprint density at radius 3 is 2.67 bits per heavy atom. The Bertz CT molecular complexity index is 501. The molecule has 1 aromatic rings. The van der Waals surface area contributed by atoms with Gasteiger partial charge in [-0.05, 0) is 59.9 Å². The summed E-state index contributed by atoms with van der Waals surface area (Å²) in [7, 11) is 0. The van der Waals surface area contributed by atoms with E-state index in [1.54, 1.807) is 12.1 Å². The molecule has 1 aromatic carbocycles. The van der Waals surface area contributed by atoms with E-state index >= 15 is 0 Å². The Morgan fingerprint density at radius 1 is 1.38 bits per heavy atom. The minimum Gasteiger partial charge on any atom is -0.350 e. The van der Waals surface area contributed by atoms with Crippen LogP contribution in [0.5, 0.6) is 0 Å². The van der Waals surface area contributed by atoms with Crippen LogP contribution >= 0.6 is 15.9 Å². The topological polar surface area (TPSA) is 32.3 Å². The van der Waals surface area contributed by atoms with Crippen molar-refractivity contribution in [3.8, 4) is 0 Å². The number of hydrogen-bond donors (Lipinski definition) is 1. The van der Waals surface area contributed by atoms with E-state index < -0.39 is 5.82 Å². The minimum atomic E-state index is -0.503. The number of halogens is 2. The lowest BCUT2D eigenvalue weighted by Gasteiger charge is -2.31. The van der Waals surface area contributed by atoms with E-state index in [-0.39, 0.29) is 11.5 Å². The summed E-state index contributed by atoms with van der Waals surface area (Å²) in [6.45, 7) is 7.06. The average molecular weight is 357 g/mol. The van der Waals surface area contributed by atoms with Gasteiger partial charge < -0.3 is 5.32 Å². The number of hydrogen-bond acceptors (Lipinski definition) is 2. The zero-order valence-electron chi connectivity index (χ0n) is 12.5. The van der Waals surface area contributed by atoms with Crippen LogP contribution in [0, 0.1) is 11.7 Å². The van der Waals surface area contributed by atoms with Crippen LogP contribution in [0.4, 0.5) is 4.39 Å². The fraction of sp³-hybridized carbons (Fsp3) is 0.562. The highest BCUT2D eigenvalue weighted by molar-refractivity contribution is 9.10. The van der Waals surface area contributed by atoms with Crippen LogP contribution in [0.15, 0.2) is 22.7 Å². The number of rotatable bonds is 5. The summed E-state index contributed by atoms with van der Waals surface area (Å²) in [6, 6.07) is 5.08. The van der Waals surface area contributed by atoms with Gasteiger partial charge in [0.15, 0.2) is 0 Å². The summed E-state index contributed by atoms with van der Waals surface area (Å²) >= 11 is 3.11. The predicted octanol–water partition coefficient (Wildman–Crippen LogP) is 3.44. The summed E-state index contributed by atoms with van der Waals surface area (Å²) in [4.78, 5) is 14.6. The van der Waals surface area contributed by atoms with Gasteiger partial charge in [0.1, 0.15) is 5.82 Å². The standard InChI is InChI=1S/C16H22BrFN2O/c1-11(2)14(20-8-3-4-9-20)10-19-16(21)12-6-5-7-13(17)15(12)18/h5-7,11,14H,3-4,8-10H2,1-2H3,(H,19,21). The van der Waals surface area contributed by atoms with E-state index in [0.717, 1.165) is 13.1 Å². The highest BCUT2D eigenvalue weighted by Crippen LogP contribution is 2.19. The first kappa shape index (κ1) is 16.4. The molecule has 0 spiro atoms. The molecule has 1 aliphatic heterocycles. The molecule has 21 heavy (non-hydrogen) atoms. The van der Waals surface area contributed by atoms with Crippen LogP contribution in [-0.2, 0) is 0 Å². The smallest absolute Gasteiger partial charge is 0.254 e. The molecule has 1 N–H and O–H groups in total. The van der Waals surface area contributed by atoms with Crippen LogP contribution < -0.4 is 5.32 Å². The second-order valence-electron chi connectivity index (χ2n) is 5.87. The van der Waals surface area contributed by atoms with Gasteiger partial charge in [0, 0.05) is 12.6 Å². The molecule has 1 fully saturated rings. The van der Waals surface area contributed by atoms with Crippen molar-refractivity contribution in [1.82, 2.24) is 10.2 Å². The number of likely N-dealkylation sites (tertiary alicyclic amines) is 1. The van der Waals surface area contributed by atoms with Crippen molar-refractivity contribution in [2.24, 2.45) is 5.92 Å². The van der Waals surface area contributed by atoms with Crippen LogP contribution in [0.3, 0.4) is 0 Å². The van der Waals surface area contributed by atoms with Gasteiger partial charge in [-0.2, -0.15) is 0 Å². The first-order valence-corrected chi connectivity index (χ1v) is 8.26. The Kier molecular flexibility index (Phi) is 5.76. The van der Waals surface area contributed by atoms with Gasteiger partial charge in [-0.15, -0.1) is 0 Å². The van der Waals surface area contributed by atoms with Gasteiger partial charge in [0.05, 0.1) is 10.0 Å². The van der Waals surface area contributed by atoms with Crippen molar-refractivity contribution in [2.45, 2.75) is 32.7 Å². The van der Waals surface area contributed by atoms with E-state index in [4.69, 9.17) is 0 Å². The number of nitrogens with zero attached hydrogens (tertiary/aromatic N) is 1. The molecule has 0 aliphatic carbocycles. The lowest BCUT2D eigenvalue weighted by Crippen LogP contribution is -2.45. The van der Waals surface area contributed by atoms with Gasteiger partial charge >= 0.3 is 0 Å². The molecule has 1 amide bonds. The highest BCUT2D eigenvalue weighted by atomic mass is 79.9. The predicted molar refractivity (Wildman–Crippen MR) is 85.9 cm³/mol. The molecule has 116 valence electrons. The molecule has 1 aliphatic rings. The number of amides is 1. The summed E-state index contributed by atoms with van der Waals surface area (Å²) in [5.74, 6) is -0.397. The first-order chi connectivity index (χ1) is 10.0. The maximum Gasteiger partial charge on any atom is 0.254 e. The number of benzene rings is 1. The third kappa shape index (κ3) is 4.04. The summed E-state index contributed by atoms with van der Waals surface area (Å²) in [5.41, 5.74) is 0.0910. The van der Waals surface area contributed by atoms with E-state index in [1.165, 1.54) is 18.9 Å². The van der Waals surface area contributed by atoms with Crippen molar-refractivity contribution < 1.29 is 9.18 Å². The number of carbonyl (C=O) groups is 1. The maximum atomic E-state index is 13.9. The summed E-state index contributed by atoms with van der Waals surface area (Å²) in [5, 5.41) is 2.88. The maximum absolute atomic E-state index is 13.9. The summed E-state index contributed by atoms with van der Waals surface area (Å²) in [6.07, 6.45) is 2.44. The van der Waals surface area contributed by atoms with Crippen molar-refractivity contribution >= 4 is 21.8 Å². The zero-order valence-corrected chi connectivity index (χ0v) is 14.1. The van der Waals surface area contributed by atoms with Crippen molar-refractivity contribution in [3.63, 3.8) is 0 Å². The van der Waals surface area contributed by atoms with Gasteiger partial charge in [0.25, 0.3) is 5.91 Å². The first-order valence-electron chi connectivity index (χ1n) is 7.47. The minimum absolute atomic E-state index is 0.0910. The fourth-order valence-electron chi connectivity index (χ4n) is 2.83. The average Bonchev–Trinajstić information content (AvgIpc) is 2.95. The lowest BCUT2D eigenvalue weighted by molar-refractivity contribution is 0.0923. The third-order valence-corrected chi connectivity index (χ3v) is 4.66. The molecule has 0 radical (unpaired) electrons. The Labute approximate surface area is 134 Å². The van der Waals surface area contributed by atoms with E-state index in [0.29, 0.717) is 23.0 Å². The molecular formula is C16H22BrFN2O. The Hall–Kier alpha value is -0.940. The Balaban J connectivity index is 2.00. The van der Waals surface area contributed by atoms with Gasteiger partial charge in [0.2, 0.25) is 0 Å². The van der Waals surface area contributed by atoms with Crippen LogP contribution in [0.25, 0.3) is 0 Å². The third-order valence-electron chi connectivity index (χ3n) is 4.05. The normalized spacial score (nSPS) is 17.2. The van der Waals surface area contributed by atoms with Gasteiger partial charge in [-0.25, -0.2) is 4.39 Å². The van der Waals surface area contributed by atoms with E-state index in [1.807, 2.05) is 0 Å². The molecule has 5 heteroatoms. The molecule has 1 unspecified atom stereocenters. The molecule has 3 nitrogen and oxygen atoms in total. The molecule has 1 heterocycles. The van der Waals surface area contributed by atoms with Crippen molar-refractivity contribution in [1.29, 1.82) is 0 Å². The van der Waals surface area contributed by atoms with Gasteiger partial charge in [-0.3, -0.25) is 9.69 Å². The van der Waals surface area contributed by atoms with Crippen LogP contribution in [0.2, 0.25) is 0 Å². The molecule has 1 atom stereocenters. The lowest BCUT2D eigenvalue weighted by atomic mass is 10.0. The molecule has 0 bridgehead atoms. The Morgan fingerprint density at radius 2 is 2.05 bits per heavy atom. The largest absolute Gasteiger partial charge is 0.350 e.